The molecule has 0 aliphatic rings. The van der Waals surface area contributed by atoms with Crippen molar-refractivity contribution >= 4 is 16.8 Å². The minimum Gasteiger partial charge on any atom is -0.491 e. The summed E-state index contributed by atoms with van der Waals surface area (Å²) in [7, 11) is 4.81. The van der Waals surface area contributed by atoms with E-state index in [0.29, 0.717) is 51.0 Å². The molecule has 0 unspecified atom stereocenters. The standard InChI is InChI=1S/C32H28FN3O5/c1-18-14-20(6-11-26(18)41-27-12-13-34-24-16-28(39-4)32(40-5)35-30(24)27)15-25(37)23-17-36(3)19(2)29(31(23)38)21-7-9-22(33)10-8-21/h6-14,16-17H,15H2,1-5H3. The smallest absolute Gasteiger partial charge is 0.257 e. The normalized spacial score (nSPS) is 11.0. The van der Waals surface area contributed by atoms with Crippen molar-refractivity contribution in [1.82, 2.24) is 14.5 Å². The Kier molecular flexibility index (Phi) is 7.52. The highest BCUT2D eigenvalue weighted by molar-refractivity contribution is 5.98. The molecule has 0 aliphatic carbocycles. The lowest BCUT2D eigenvalue weighted by Gasteiger charge is -2.14. The van der Waals surface area contributed by atoms with Crippen molar-refractivity contribution in [3.05, 3.63) is 105 Å². The maximum absolute atomic E-state index is 13.5. The van der Waals surface area contributed by atoms with E-state index < -0.39 is 5.82 Å². The first-order chi connectivity index (χ1) is 19.7. The first-order valence-electron chi connectivity index (χ1n) is 12.8. The van der Waals surface area contributed by atoms with Gasteiger partial charge in [0.05, 0.1) is 25.3 Å². The number of rotatable bonds is 8. The van der Waals surface area contributed by atoms with Gasteiger partial charge in [-0.1, -0.05) is 24.3 Å². The molecule has 0 radical (unpaired) electrons. The van der Waals surface area contributed by atoms with E-state index >= 15 is 0 Å². The number of fused-ring (bicyclic) bond motifs is 1. The van der Waals surface area contributed by atoms with Gasteiger partial charge in [-0.05, 0) is 48.7 Å². The molecule has 0 fully saturated rings. The summed E-state index contributed by atoms with van der Waals surface area (Å²) in [5.41, 5.74) is 3.95. The Bertz CT molecular complexity index is 1850. The van der Waals surface area contributed by atoms with E-state index in [1.807, 2.05) is 13.0 Å². The number of Topliss-reactive ketones (excluding diaryl/α,β-unsaturated/α-hetero) is 1. The lowest BCUT2D eigenvalue weighted by atomic mass is 9.97. The van der Waals surface area contributed by atoms with Gasteiger partial charge >= 0.3 is 0 Å². The summed E-state index contributed by atoms with van der Waals surface area (Å²) >= 11 is 0. The first-order valence-corrected chi connectivity index (χ1v) is 12.8. The monoisotopic (exact) mass is 553 g/mol. The third-order valence-electron chi connectivity index (χ3n) is 6.96. The van der Waals surface area contributed by atoms with Gasteiger partial charge in [-0.15, -0.1) is 0 Å². The largest absolute Gasteiger partial charge is 0.491 e. The van der Waals surface area contributed by atoms with Crippen LogP contribution in [-0.2, 0) is 13.5 Å². The average molecular weight is 554 g/mol. The minimum atomic E-state index is -0.397. The van der Waals surface area contributed by atoms with Gasteiger partial charge < -0.3 is 18.8 Å². The predicted molar refractivity (Wildman–Crippen MR) is 154 cm³/mol. The third-order valence-corrected chi connectivity index (χ3v) is 6.96. The van der Waals surface area contributed by atoms with Gasteiger partial charge in [0.2, 0.25) is 0 Å². The summed E-state index contributed by atoms with van der Waals surface area (Å²) in [6.07, 6.45) is 3.21. The van der Waals surface area contributed by atoms with Crippen LogP contribution in [0.25, 0.3) is 22.2 Å². The number of pyridine rings is 3. The van der Waals surface area contributed by atoms with Gasteiger partial charge in [-0.25, -0.2) is 9.37 Å². The number of methoxy groups -OCH3 is 2. The highest BCUT2D eigenvalue weighted by Gasteiger charge is 2.20. The van der Waals surface area contributed by atoms with Gasteiger partial charge in [0.15, 0.2) is 22.7 Å². The van der Waals surface area contributed by atoms with Crippen LogP contribution >= 0.6 is 0 Å². The zero-order valence-electron chi connectivity index (χ0n) is 23.3. The SMILES string of the molecule is COc1cc2nccc(Oc3ccc(CC(=O)c4cn(C)c(C)c(-c5ccc(F)cc5)c4=O)cc3C)c2nc1OC. The number of aromatic nitrogens is 3. The van der Waals surface area contributed by atoms with E-state index in [2.05, 4.69) is 9.97 Å². The molecule has 41 heavy (non-hydrogen) atoms. The summed E-state index contributed by atoms with van der Waals surface area (Å²) in [6, 6.07) is 14.6. The number of ketones is 1. The van der Waals surface area contributed by atoms with Crippen molar-refractivity contribution in [1.29, 1.82) is 0 Å². The molecular weight excluding hydrogens is 525 g/mol. The molecule has 0 N–H and O–H groups in total. The predicted octanol–water partition coefficient (Wildman–Crippen LogP) is 5.99. The van der Waals surface area contributed by atoms with Crippen LogP contribution < -0.4 is 19.6 Å². The van der Waals surface area contributed by atoms with Gasteiger partial charge in [0, 0.05) is 49.3 Å². The number of aryl methyl sites for hydroxylation is 2. The number of carbonyl (C=O) groups excluding carboxylic acids is 1. The Balaban J connectivity index is 1.42. The van der Waals surface area contributed by atoms with Crippen LogP contribution in [0.1, 0.15) is 27.2 Å². The van der Waals surface area contributed by atoms with Crippen molar-refractivity contribution in [3.63, 3.8) is 0 Å². The fourth-order valence-corrected chi connectivity index (χ4v) is 4.70. The highest BCUT2D eigenvalue weighted by atomic mass is 19.1. The second-order valence-corrected chi connectivity index (χ2v) is 9.63. The zero-order chi connectivity index (χ0) is 29.3. The van der Waals surface area contributed by atoms with E-state index in [9.17, 15) is 14.0 Å². The molecule has 208 valence electrons. The van der Waals surface area contributed by atoms with Crippen molar-refractivity contribution in [2.75, 3.05) is 14.2 Å². The summed E-state index contributed by atoms with van der Waals surface area (Å²) in [4.78, 5) is 35.6. The lowest BCUT2D eigenvalue weighted by Crippen LogP contribution is -2.22. The van der Waals surface area contributed by atoms with Crippen molar-refractivity contribution in [2.24, 2.45) is 7.05 Å². The summed E-state index contributed by atoms with van der Waals surface area (Å²) in [5, 5.41) is 0. The molecule has 3 heterocycles. The molecule has 2 aromatic carbocycles. The van der Waals surface area contributed by atoms with Crippen LogP contribution in [0.2, 0.25) is 0 Å². The second-order valence-electron chi connectivity index (χ2n) is 9.63. The van der Waals surface area contributed by atoms with E-state index in [1.54, 1.807) is 67.3 Å². The molecule has 0 spiro atoms. The van der Waals surface area contributed by atoms with Crippen LogP contribution in [0.3, 0.4) is 0 Å². The summed E-state index contributed by atoms with van der Waals surface area (Å²) in [5.74, 6) is 1.13. The Morgan fingerprint density at radius 2 is 1.71 bits per heavy atom. The number of hydrogen-bond donors (Lipinski definition) is 0. The zero-order valence-corrected chi connectivity index (χ0v) is 23.3. The van der Waals surface area contributed by atoms with Crippen LogP contribution in [0.15, 0.2) is 71.8 Å². The Hall–Kier alpha value is -5.05. The fraction of sp³-hybridized carbons (Fsp3) is 0.188. The second kappa shape index (κ2) is 11.2. The summed E-state index contributed by atoms with van der Waals surface area (Å²) < 4.78 is 32.1. The Morgan fingerprint density at radius 3 is 2.39 bits per heavy atom. The molecule has 3 aromatic heterocycles. The first kappa shape index (κ1) is 27.5. The number of benzene rings is 2. The number of hydrogen-bond acceptors (Lipinski definition) is 7. The molecule has 5 rings (SSSR count). The molecule has 0 bridgehead atoms. The molecule has 0 amide bonds. The van der Waals surface area contributed by atoms with Crippen molar-refractivity contribution in [3.8, 4) is 34.3 Å². The van der Waals surface area contributed by atoms with Crippen LogP contribution in [0.5, 0.6) is 23.1 Å². The average Bonchev–Trinajstić information content (AvgIpc) is 2.96. The van der Waals surface area contributed by atoms with E-state index in [0.717, 1.165) is 11.1 Å². The van der Waals surface area contributed by atoms with E-state index in [-0.39, 0.29) is 23.2 Å². The van der Waals surface area contributed by atoms with Crippen molar-refractivity contribution < 1.29 is 23.4 Å². The molecule has 5 aromatic rings. The number of nitrogens with zero attached hydrogens (tertiary/aromatic N) is 3. The Morgan fingerprint density at radius 1 is 0.951 bits per heavy atom. The van der Waals surface area contributed by atoms with Crippen molar-refractivity contribution in [2.45, 2.75) is 20.3 Å². The quantitative estimate of drug-likeness (QED) is 0.218. The van der Waals surface area contributed by atoms with E-state index in [4.69, 9.17) is 14.2 Å². The van der Waals surface area contributed by atoms with E-state index in [1.165, 1.54) is 26.4 Å². The molecular formula is C32H28FN3O5. The maximum atomic E-state index is 13.5. The Labute approximate surface area is 236 Å². The number of ether oxygens (including phenoxy) is 3. The van der Waals surface area contributed by atoms with Gasteiger partial charge in [-0.2, -0.15) is 0 Å². The lowest BCUT2D eigenvalue weighted by molar-refractivity contribution is 0.0991. The molecule has 9 heteroatoms. The molecule has 8 nitrogen and oxygen atoms in total. The summed E-state index contributed by atoms with van der Waals surface area (Å²) in [6.45, 7) is 3.67. The highest BCUT2D eigenvalue weighted by Crippen LogP contribution is 2.35. The van der Waals surface area contributed by atoms with Crippen LogP contribution in [-0.4, -0.2) is 34.5 Å². The third kappa shape index (κ3) is 5.38. The van der Waals surface area contributed by atoms with Crippen LogP contribution in [0, 0.1) is 19.7 Å². The number of carbonyl (C=O) groups is 1. The molecule has 0 aliphatic heterocycles. The van der Waals surface area contributed by atoms with Crippen LogP contribution in [0.4, 0.5) is 4.39 Å². The maximum Gasteiger partial charge on any atom is 0.257 e. The minimum absolute atomic E-state index is 0.0268. The van der Waals surface area contributed by atoms with Gasteiger partial charge in [-0.3, -0.25) is 14.6 Å². The van der Waals surface area contributed by atoms with Gasteiger partial charge in [0.25, 0.3) is 5.88 Å². The molecule has 0 atom stereocenters. The van der Waals surface area contributed by atoms with Gasteiger partial charge in [0.1, 0.15) is 17.1 Å². The number of halogens is 1. The molecule has 0 saturated carbocycles. The fourth-order valence-electron chi connectivity index (χ4n) is 4.70. The topological polar surface area (TPSA) is 92.5 Å². The molecule has 0 saturated heterocycles.